The second-order valence-corrected chi connectivity index (χ2v) is 6.32. The van der Waals surface area contributed by atoms with Crippen LogP contribution in [0.1, 0.15) is 32.0 Å². The third kappa shape index (κ3) is 3.29. The van der Waals surface area contributed by atoms with Gasteiger partial charge in [-0.3, -0.25) is 5.10 Å². The summed E-state index contributed by atoms with van der Waals surface area (Å²) in [6, 6.07) is 3.50. The highest BCUT2D eigenvalue weighted by Gasteiger charge is 2.17. The zero-order chi connectivity index (χ0) is 14.9. The number of rotatable bonds is 4. The quantitative estimate of drug-likeness (QED) is 0.687. The fraction of sp³-hybridized carbons (Fsp3) is 0.533. The predicted molar refractivity (Wildman–Crippen MR) is 80.0 cm³/mol. The number of nitrogens with zero attached hydrogens (tertiary/aromatic N) is 1. The Morgan fingerprint density at radius 1 is 1.35 bits per heavy atom. The summed E-state index contributed by atoms with van der Waals surface area (Å²) >= 11 is 0. The molecule has 20 heavy (non-hydrogen) atoms. The lowest BCUT2D eigenvalue weighted by molar-refractivity contribution is 0.160. The molecule has 2 rings (SSSR count). The van der Waals surface area contributed by atoms with Crippen molar-refractivity contribution in [2.24, 2.45) is 0 Å². The Kier molecular flexibility index (Phi) is 4.01. The van der Waals surface area contributed by atoms with Crippen molar-refractivity contribution in [3.05, 3.63) is 23.4 Å². The van der Waals surface area contributed by atoms with Gasteiger partial charge in [-0.25, -0.2) is 0 Å². The molecule has 0 aliphatic heterocycles. The summed E-state index contributed by atoms with van der Waals surface area (Å²) < 4.78 is 0. The standard InChI is InChI=1S/C15H23N3O2/c1-9-5-6-12(20)13-11(17-18-14(9)13)7-10(19)8-16-15(2,3)4/h5-6,10,16,19-20H,7-8H2,1-4H3,(H,17,18). The van der Waals surface area contributed by atoms with Gasteiger partial charge in [-0.05, 0) is 39.3 Å². The number of aromatic nitrogens is 2. The molecule has 110 valence electrons. The topological polar surface area (TPSA) is 81.2 Å². The van der Waals surface area contributed by atoms with E-state index in [4.69, 9.17) is 0 Å². The minimum atomic E-state index is -0.530. The van der Waals surface area contributed by atoms with E-state index in [0.717, 1.165) is 16.8 Å². The first-order chi connectivity index (χ1) is 9.28. The number of aromatic hydroxyl groups is 1. The highest BCUT2D eigenvalue weighted by atomic mass is 16.3. The van der Waals surface area contributed by atoms with E-state index < -0.39 is 6.10 Å². The number of H-pyrrole nitrogens is 1. The van der Waals surface area contributed by atoms with Crippen LogP contribution in [0.2, 0.25) is 0 Å². The van der Waals surface area contributed by atoms with Crippen molar-refractivity contribution in [2.45, 2.75) is 45.8 Å². The van der Waals surface area contributed by atoms with Crippen LogP contribution in [0.4, 0.5) is 0 Å². The number of β-amino-alcohol motifs (C(OH)–C–C–N with tert-alkyl or cyclic N) is 1. The highest BCUT2D eigenvalue weighted by molar-refractivity contribution is 5.89. The first-order valence-corrected chi connectivity index (χ1v) is 6.86. The third-order valence-electron chi connectivity index (χ3n) is 3.27. The van der Waals surface area contributed by atoms with Crippen LogP contribution in [0.3, 0.4) is 0 Å². The number of aliphatic hydroxyl groups excluding tert-OH is 1. The molecule has 1 atom stereocenters. The van der Waals surface area contributed by atoms with Gasteiger partial charge in [0.05, 0.1) is 17.0 Å². The van der Waals surface area contributed by atoms with Crippen molar-refractivity contribution in [3.8, 4) is 5.75 Å². The van der Waals surface area contributed by atoms with Gasteiger partial charge in [0.2, 0.25) is 0 Å². The van der Waals surface area contributed by atoms with Crippen molar-refractivity contribution >= 4 is 10.9 Å². The van der Waals surface area contributed by atoms with Crippen LogP contribution >= 0.6 is 0 Å². The van der Waals surface area contributed by atoms with Gasteiger partial charge in [0.15, 0.2) is 0 Å². The molecule has 1 aromatic heterocycles. The maximum Gasteiger partial charge on any atom is 0.126 e. The van der Waals surface area contributed by atoms with E-state index in [-0.39, 0.29) is 11.3 Å². The lowest BCUT2D eigenvalue weighted by Gasteiger charge is -2.22. The van der Waals surface area contributed by atoms with Gasteiger partial charge in [-0.15, -0.1) is 0 Å². The molecule has 5 heteroatoms. The van der Waals surface area contributed by atoms with E-state index in [1.165, 1.54) is 0 Å². The number of nitrogens with one attached hydrogen (secondary N) is 2. The number of phenols is 1. The fourth-order valence-electron chi connectivity index (χ4n) is 2.19. The monoisotopic (exact) mass is 277 g/mol. The second kappa shape index (κ2) is 5.42. The van der Waals surface area contributed by atoms with E-state index in [9.17, 15) is 10.2 Å². The summed E-state index contributed by atoms with van der Waals surface area (Å²) in [5.41, 5.74) is 2.50. The normalized spacial score (nSPS) is 13.8. The van der Waals surface area contributed by atoms with E-state index in [2.05, 4.69) is 36.3 Å². The van der Waals surface area contributed by atoms with Gasteiger partial charge >= 0.3 is 0 Å². The molecule has 1 unspecified atom stereocenters. The van der Waals surface area contributed by atoms with Crippen molar-refractivity contribution in [1.82, 2.24) is 15.5 Å². The molecule has 0 spiro atoms. The maximum absolute atomic E-state index is 10.1. The molecular formula is C15H23N3O2. The van der Waals surface area contributed by atoms with Crippen LogP contribution < -0.4 is 5.32 Å². The molecule has 2 aromatic rings. The van der Waals surface area contributed by atoms with Crippen molar-refractivity contribution in [2.75, 3.05) is 6.54 Å². The van der Waals surface area contributed by atoms with Crippen molar-refractivity contribution in [3.63, 3.8) is 0 Å². The summed E-state index contributed by atoms with van der Waals surface area (Å²) in [6.07, 6.45) is -0.103. The van der Waals surface area contributed by atoms with E-state index in [0.29, 0.717) is 18.4 Å². The van der Waals surface area contributed by atoms with Crippen LogP contribution in [-0.4, -0.2) is 38.6 Å². The highest BCUT2D eigenvalue weighted by Crippen LogP contribution is 2.29. The third-order valence-corrected chi connectivity index (χ3v) is 3.27. The molecule has 1 aromatic carbocycles. The molecule has 0 fully saturated rings. The lowest BCUT2D eigenvalue weighted by Crippen LogP contribution is -2.41. The molecule has 5 nitrogen and oxygen atoms in total. The largest absolute Gasteiger partial charge is 0.507 e. The SMILES string of the molecule is Cc1ccc(O)c2c(CC(O)CNC(C)(C)C)[nH]nc12. The van der Waals surface area contributed by atoms with Gasteiger partial charge in [0, 0.05) is 24.2 Å². The maximum atomic E-state index is 10.1. The summed E-state index contributed by atoms with van der Waals surface area (Å²) in [5.74, 6) is 0.199. The Balaban J connectivity index is 2.16. The van der Waals surface area contributed by atoms with Gasteiger partial charge < -0.3 is 15.5 Å². The first-order valence-electron chi connectivity index (χ1n) is 6.86. The molecule has 1 heterocycles. The van der Waals surface area contributed by atoms with Crippen LogP contribution in [0.5, 0.6) is 5.75 Å². The lowest BCUT2D eigenvalue weighted by atomic mass is 10.0. The van der Waals surface area contributed by atoms with Crippen LogP contribution in [0.15, 0.2) is 12.1 Å². The first kappa shape index (κ1) is 14.8. The number of fused-ring (bicyclic) bond motifs is 1. The molecular weight excluding hydrogens is 254 g/mol. The molecule has 0 bridgehead atoms. The van der Waals surface area contributed by atoms with Crippen molar-refractivity contribution in [1.29, 1.82) is 0 Å². The minimum Gasteiger partial charge on any atom is -0.507 e. The molecule has 0 saturated carbocycles. The van der Waals surface area contributed by atoms with Gasteiger partial charge in [0.1, 0.15) is 5.75 Å². The van der Waals surface area contributed by atoms with E-state index in [1.54, 1.807) is 6.07 Å². The number of hydrogen-bond acceptors (Lipinski definition) is 4. The summed E-state index contributed by atoms with van der Waals surface area (Å²) in [7, 11) is 0. The fourth-order valence-corrected chi connectivity index (χ4v) is 2.19. The average Bonchev–Trinajstić information content (AvgIpc) is 2.76. The molecule has 0 aliphatic rings. The zero-order valence-electron chi connectivity index (χ0n) is 12.5. The zero-order valence-corrected chi connectivity index (χ0v) is 12.5. The minimum absolute atomic E-state index is 0.0320. The van der Waals surface area contributed by atoms with Gasteiger partial charge in [0.25, 0.3) is 0 Å². The average molecular weight is 277 g/mol. The Morgan fingerprint density at radius 2 is 2.05 bits per heavy atom. The van der Waals surface area contributed by atoms with Crippen LogP contribution in [-0.2, 0) is 6.42 Å². The Labute approximate surface area is 119 Å². The van der Waals surface area contributed by atoms with Gasteiger partial charge in [-0.1, -0.05) is 6.07 Å². The van der Waals surface area contributed by atoms with E-state index in [1.807, 2.05) is 13.0 Å². The smallest absolute Gasteiger partial charge is 0.126 e. The number of phenolic OH excluding ortho intramolecular Hbond substituents is 1. The van der Waals surface area contributed by atoms with Gasteiger partial charge in [-0.2, -0.15) is 5.10 Å². The Bertz CT molecular complexity index is 599. The summed E-state index contributed by atoms with van der Waals surface area (Å²) in [4.78, 5) is 0. The number of aromatic amines is 1. The van der Waals surface area contributed by atoms with Crippen molar-refractivity contribution < 1.29 is 10.2 Å². The second-order valence-electron chi connectivity index (χ2n) is 6.32. The molecule has 0 saturated heterocycles. The number of aryl methyl sites for hydroxylation is 1. The summed E-state index contributed by atoms with van der Waals surface area (Å²) in [5, 5.41) is 31.2. The Hall–Kier alpha value is -1.59. The van der Waals surface area contributed by atoms with E-state index >= 15 is 0 Å². The number of hydrogen-bond donors (Lipinski definition) is 4. The molecule has 0 aliphatic carbocycles. The predicted octanol–water partition coefficient (Wildman–Crippen LogP) is 1.87. The molecule has 0 radical (unpaired) electrons. The van der Waals surface area contributed by atoms with Crippen LogP contribution in [0.25, 0.3) is 10.9 Å². The molecule has 4 N–H and O–H groups in total. The number of benzene rings is 1. The molecule has 0 amide bonds. The Morgan fingerprint density at radius 3 is 2.70 bits per heavy atom. The number of aliphatic hydroxyl groups is 1. The van der Waals surface area contributed by atoms with Crippen LogP contribution in [0, 0.1) is 6.92 Å². The summed E-state index contributed by atoms with van der Waals surface area (Å²) in [6.45, 7) is 8.61.